The number of methoxy groups -OCH3 is 1. The van der Waals surface area contributed by atoms with Crippen LogP contribution in [0.25, 0.3) is 6.08 Å². The molecule has 1 saturated heterocycles. The number of carbonyl (C=O) groups excluding carboxylic acids is 2. The van der Waals surface area contributed by atoms with Crippen LogP contribution in [0.4, 0.5) is 4.79 Å². The van der Waals surface area contributed by atoms with Gasteiger partial charge < -0.3 is 24.1 Å². The van der Waals surface area contributed by atoms with Crippen LogP contribution in [-0.2, 0) is 25.4 Å². The fourth-order valence-electron chi connectivity index (χ4n) is 3.35. The van der Waals surface area contributed by atoms with Crippen LogP contribution in [0.5, 0.6) is 0 Å². The van der Waals surface area contributed by atoms with E-state index in [9.17, 15) is 9.59 Å². The number of hydrogen-bond acceptors (Lipinski definition) is 7. The SMILES string of the molecule is COC(=O)c1ncc(C=C(CNC(=O)OCc2ccccc2)B2OC(C)(C)C(C)(C)O2)cc1C. The van der Waals surface area contributed by atoms with Gasteiger partial charge in [-0.25, -0.2) is 14.6 Å². The van der Waals surface area contributed by atoms with Crippen LogP contribution in [-0.4, -0.2) is 49.0 Å². The van der Waals surface area contributed by atoms with E-state index in [2.05, 4.69) is 10.3 Å². The quantitative estimate of drug-likeness (QED) is 0.485. The first-order valence-electron chi connectivity index (χ1n) is 11.1. The van der Waals surface area contributed by atoms with Gasteiger partial charge in [-0.1, -0.05) is 36.4 Å². The summed E-state index contributed by atoms with van der Waals surface area (Å²) in [6.07, 6.45) is 2.85. The number of benzene rings is 1. The maximum Gasteiger partial charge on any atom is 0.492 e. The number of carbonyl (C=O) groups is 2. The highest BCUT2D eigenvalue weighted by Crippen LogP contribution is 2.38. The molecule has 9 heteroatoms. The Morgan fingerprint density at radius 1 is 1.12 bits per heavy atom. The van der Waals surface area contributed by atoms with Crippen molar-refractivity contribution >= 4 is 25.3 Å². The van der Waals surface area contributed by atoms with Gasteiger partial charge in [-0.15, -0.1) is 0 Å². The molecule has 34 heavy (non-hydrogen) atoms. The summed E-state index contributed by atoms with van der Waals surface area (Å²) < 4.78 is 22.5. The summed E-state index contributed by atoms with van der Waals surface area (Å²) in [7, 11) is 0.635. The highest BCUT2D eigenvalue weighted by atomic mass is 16.7. The van der Waals surface area contributed by atoms with Gasteiger partial charge in [-0.2, -0.15) is 0 Å². The van der Waals surface area contributed by atoms with Gasteiger partial charge in [0.25, 0.3) is 0 Å². The third-order valence-electron chi connectivity index (χ3n) is 6.04. The van der Waals surface area contributed by atoms with Gasteiger partial charge >= 0.3 is 19.2 Å². The van der Waals surface area contributed by atoms with Crippen molar-refractivity contribution in [3.8, 4) is 0 Å². The van der Waals surface area contributed by atoms with Gasteiger partial charge in [0, 0.05) is 12.7 Å². The first kappa shape index (κ1) is 25.5. The minimum atomic E-state index is -0.681. The van der Waals surface area contributed by atoms with Gasteiger partial charge in [-0.3, -0.25) is 0 Å². The molecule has 1 aromatic carbocycles. The molecule has 1 N–H and O–H groups in total. The summed E-state index contributed by atoms with van der Waals surface area (Å²) in [5.74, 6) is -0.498. The number of nitrogens with one attached hydrogen (secondary N) is 1. The van der Waals surface area contributed by atoms with Crippen molar-refractivity contribution in [1.29, 1.82) is 0 Å². The second kappa shape index (κ2) is 10.4. The summed E-state index contributed by atoms with van der Waals surface area (Å²) in [6.45, 7) is 9.94. The lowest BCUT2D eigenvalue weighted by atomic mass is 9.77. The van der Waals surface area contributed by atoms with Crippen molar-refractivity contribution in [3.63, 3.8) is 0 Å². The molecule has 0 aliphatic carbocycles. The molecule has 1 amide bonds. The predicted molar refractivity (Wildman–Crippen MR) is 129 cm³/mol. The average molecular weight is 466 g/mol. The van der Waals surface area contributed by atoms with Gasteiger partial charge in [0.15, 0.2) is 5.69 Å². The van der Waals surface area contributed by atoms with E-state index in [1.54, 1.807) is 13.1 Å². The normalized spacial score (nSPS) is 16.8. The fourth-order valence-corrected chi connectivity index (χ4v) is 3.35. The molecule has 2 aromatic rings. The lowest BCUT2D eigenvalue weighted by Crippen LogP contribution is -2.41. The molecule has 180 valence electrons. The van der Waals surface area contributed by atoms with Crippen molar-refractivity contribution in [2.24, 2.45) is 0 Å². The smallest absolute Gasteiger partial charge is 0.464 e. The van der Waals surface area contributed by atoms with E-state index in [1.165, 1.54) is 7.11 Å². The predicted octanol–water partition coefficient (Wildman–Crippen LogP) is 4.12. The largest absolute Gasteiger partial charge is 0.492 e. The zero-order valence-corrected chi connectivity index (χ0v) is 20.5. The van der Waals surface area contributed by atoms with Crippen molar-refractivity contribution < 1.29 is 28.4 Å². The number of aryl methyl sites for hydroxylation is 1. The highest BCUT2D eigenvalue weighted by molar-refractivity contribution is 6.56. The monoisotopic (exact) mass is 466 g/mol. The Labute approximate surface area is 200 Å². The van der Waals surface area contributed by atoms with Crippen LogP contribution in [0.1, 0.15) is 54.9 Å². The highest BCUT2D eigenvalue weighted by Gasteiger charge is 2.52. The zero-order chi connectivity index (χ0) is 24.9. The van der Waals surface area contributed by atoms with E-state index in [0.29, 0.717) is 11.0 Å². The maximum absolute atomic E-state index is 12.3. The molecule has 2 heterocycles. The average Bonchev–Trinajstić information content (AvgIpc) is 3.02. The van der Waals surface area contributed by atoms with Gasteiger partial charge in [-0.05, 0) is 62.8 Å². The van der Waals surface area contributed by atoms with E-state index in [1.807, 2.05) is 70.2 Å². The Kier molecular flexibility index (Phi) is 7.79. The topological polar surface area (TPSA) is 96.0 Å². The first-order chi connectivity index (χ1) is 16.0. The third kappa shape index (κ3) is 6.04. The molecule has 1 fully saturated rings. The molecule has 1 aliphatic rings. The summed E-state index contributed by atoms with van der Waals surface area (Å²) >= 11 is 0. The summed E-state index contributed by atoms with van der Waals surface area (Å²) in [5.41, 5.74) is 2.13. The number of aromatic nitrogens is 1. The standard InChI is InChI=1S/C25H31BN2O6/c1-17-12-19(14-27-21(17)22(29)31-6)13-20(26-33-24(2,3)25(4,5)34-26)15-28-23(30)32-16-18-10-8-7-9-11-18/h7-14H,15-16H2,1-6H3,(H,28,30). The number of ether oxygens (including phenoxy) is 2. The molecule has 0 unspecified atom stereocenters. The molecule has 0 bridgehead atoms. The van der Waals surface area contributed by atoms with E-state index in [-0.39, 0.29) is 18.8 Å². The van der Waals surface area contributed by atoms with Crippen LogP contribution in [0, 0.1) is 6.92 Å². The van der Waals surface area contributed by atoms with E-state index in [0.717, 1.165) is 11.1 Å². The molecule has 8 nitrogen and oxygen atoms in total. The zero-order valence-electron chi connectivity index (χ0n) is 20.5. The lowest BCUT2D eigenvalue weighted by molar-refractivity contribution is 0.00578. The number of esters is 1. The molecule has 1 aliphatic heterocycles. The molecule has 0 saturated carbocycles. The molecular formula is C25H31BN2O6. The Bertz CT molecular complexity index is 1050. The summed E-state index contributed by atoms with van der Waals surface area (Å²) in [5, 5.41) is 2.77. The Morgan fingerprint density at radius 3 is 2.35 bits per heavy atom. The van der Waals surface area contributed by atoms with Gasteiger partial charge in [0.2, 0.25) is 0 Å². The van der Waals surface area contributed by atoms with Crippen LogP contribution >= 0.6 is 0 Å². The minimum absolute atomic E-state index is 0.141. The van der Waals surface area contributed by atoms with Gasteiger partial charge in [0.05, 0.1) is 18.3 Å². The summed E-state index contributed by atoms with van der Waals surface area (Å²) in [6, 6.07) is 11.3. The Balaban J connectivity index is 1.78. The second-order valence-corrected chi connectivity index (χ2v) is 9.15. The van der Waals surface area contributed by atoms with E-state index < -0.39 is 30.4 Å². The molecule has 0 spiro atoms. The number of rotatable bonds is 7. The molecular weight excluding hydrogens is 435 g/mol. The van der Waals surface area contributed by atoms with Crippen molar-refractivity contribution in [3.05, 3.63) is 70.5 Å². The Hall–Kier alpha value is -3.17. The van der Waals surface area contributed by atoms with Crippen LogP contribution in [0.15, 0.2) is 48.1 Å². The number of hydrogen-bond donors (Lipinski definition) is 1. The first-order valence-corrected chi connectivity index (χ1v) is 11.1. The van der Waals surface area contributed by atoms with Crippen molar-refractivity contribution in [2.75, 3.05) is 13.7 Å². The Morgan fingerprint density at radius 2 is 1.76 bits per heavy atom. The number of nitrogens with zero attached hydrogens (tertiary/aromatic N) is 1. The number of amides is 1. The van der Waals surface area contributed by atoms with Crippen molar-refractivity contribution in [1.82, 2.24) is 10.3 Å². The van der Waals surface area contributed by atoms with Gasteiger partial charge in [0.1, 0.15) is 6.61 Å². The van der Waals surface area contributed by atoms with E-state index >= 15 is 0 Å². The molecule has 0 atom stereocenters. The molecule has 3 rings (SSSR count). The van der Waals surface area contributed by atoms with Crippen LogP contribution < -0.4 is 5.32 Å². The molecule has 0 radical (unpaired) electrons. The lowest BCUT2D eigenvalue weighted by Gasteiger charge is -2.32. The second-order valence-electron chi connectivity index (χ2n) is 9.15. The number of pyridine rings is 1. The summed E-state index contributed by atoms with van der Waals surface area (Å²) in [4.78, 5) is 28.4. The maximum atomic E-state index is 12.3. The molecule has 1 aromatic heterocycles. The van der Waals surface area contributed by atoms with Crippen LogP contribution in [0.3, 0.4) is 0 Å². The van der Waals surface area contributed by atoms with E-state index in [4.69, 9.17) is 18.8 Å². The van der Waals surface area contributed by atoms with Crippen LogP contribution in [0.2, 0.25) is 0 Å². The fraction of sp³-hybridized carbons (Fsp3) is 0.400. The van der Waals surface area contributed by atoms with Crippen molar-refractivity contribution in [2.45, 2.75) is 52.4 Å². The minimum Gasteiger partial charge on any atom is -0.464 e. The number of alkyl carbamates (subject to hydrolysis) is 1. The third-order valence-corrected chi connectivity index (χ3v) is 6.04.